The number of Topliss-reactive ketones (excluding diaryl/α,β-unsaturated/α-hetero) is 1. The SMILES string of the molecule is CCN1C(=O)C2NN=C(C(=O)c3nc(Cl)ccc3Cl)C2C1=O. The number of likely N-dealkylation sites (tertiary alicyclic amines) is 1. The van der Waals surface area contributed by atoms with Crippen LogP contribution in [0.1, 0.15) is 17.4 Å². The lowest BCUT2D eigenvalue weighted by molar-refractivity contribution is -0.139. The number of carbonyl (C=O) groups excluding carboxylic acids is 3. The van der Waals surface area contributed by atoms with Gasteiger partial charge in [-0.25, -0.2) is 4.98 Å². The Balaban J connectivity index is 1.97. The second-order valence-electron chi connectivity index (χ2n) is 4.80. The molecular weight excluding hydrogens is 331 g/mol. The Morgan fingerprint density at radius 2 is 2.05 bits per heavy atom. The fourth-order valence-electron chi connectivity index (χ4n) is 2.55. The predicted molar refractivity (Wildman–Crippen MR) is 78.8 cm³/mol. The van der Waals surface area contributed by atoms with Gasteiger partial charge in [0, 0.05) is 6.54 Å². The van der Waals surface area contributed by atoms with Crippen molar-refractivity contribution in [1.29, 1.82) is 0 Å². The minimum absolute atomic E-state index is 0.0732. The van der Waals surface area contributed by atoms with Gasteiger partial charge >= 0.3 is 0 Å². The van der Waals surface area contributed by atoms with E-state index in [1.54, 1.807) is 6.92 Å². The van der Waals surface area contributed by atoms with Gasteiger partial charge in [-0.15, -0.1) is 0 Å². The smallest absolute Gasteiger partial charge is 0.254 e. The molecule has 0 aliphatic carbocycles. The molecule has 22 heavy (non-hydrogen) atoms. The topological polar surface area (TPSA) is 91.7 Å². The van der Waals surface area contributed by atoms with Crippen LogP contribution >= 0.6 is 23.2 Å². The molecule has 2 amide bonds. The maximum absolute atomic E-state index is 12.6. The molecule has 2 atom stereocenters. The van der Waals surface area contributed by atoms with E-state index in [2.05, 4.69) is 15.5 Å². The Kier molecular flexibility index (Phi) is 3.62. The average Bonchev–Trinajstić information content (AvgIpc) is 3.02. The van der Waals surface area contributed by atoms with Crippen LogP contribution in [0.4, 0.5) is 0 Å². The van der Waals surface area contributed by atoms with E-state index in [0.29, 0.717) is 0 Å². The molecule has 7 nitrogen and oxygen atoms in total. The number of hydrogen-bond donors (Lipinski definition) is 1. The summed E-state index contributed by atoms with van der Waals surface area (Å²) in [5.41, 5.74) is 2.38. The van der Waals surface area contributed by atoms with E-state index in [4.69, 9.17) is 23.2 Å². The molecular formula is C13H10Cl2N4O3. The molecule has 0 bridgehead atoms. The Hall–Kier alpha value is -1.99. The highest BCUT2D eigenvalue weighted by molar-refractivity contribution is 6.53. The Morgan fingerprint density at radius 3 is 2.73 bits per heavy atom. The van der Waals surface area contributed by atoms with Crippen molar-refractivity contribution in [1.82, 2.24) is 15.3 Å². The standard InChI is InChI=1S/C13H10Cl2N4O3/c1-2-19-12(21)7-9(17-18-10(7)13(19)22)11(20)8-5(14)3-4-6(15)16-8/h3-4,7,10,18H,2H2,1H3. The second kappa shape index (κ2) is 5.33. The van der Waals surface area contributed by atoms with Crippen molar-refractivity contribution in [2.75, 3.05) is 6.54 Å². The minimum atomic E-state index is -0.947. The second-order valence-corrected chi connectivity index (χ2v) is 5.59. The number of imide groups is 1. The molecule has 0 saturated carbocycles. The van der Waals surface area contributed by atoms with Crippen LogP contribution in [0, 0.1) is 5.92 Å². The first kappa shape index (κ1) is 14.9. The van der Waals surface area contributed by atoms with Gasteiger partial charge in [0.05, 0.1) is 5.02 Å². The van der Waals surface area contributed by atoms with E-state index in [1.165, 1.54) is 12.1 Å². The maximum Gasteiger partial charge on any atom is 0.254 e. The lowest BCUT2D eigenvalue weighted by Crippen LogP contribution is -2.36. The van der Waals surface area contributed by atoms with Gasteiger partial charge in [-0.1, -0.05) is 23.2 Å². The third kappa shape index (κ3) is 2.08. The number of rotatable bonds is 3. The number of ketones is 1. The number of fused-ring (bicyclic) bond motifs is 1. The molecule has 1 aromatic rings. The largest absolute Gasteiger partial charge is 0.296 e. The quantitative estimate of drug-likeness (QED) is 0.501. The number of hydrazone groups is 1. The van der Waals surface area contributed by atoms with Crippen LogP contribution in [0.2, 0.25) is 10.2 Å². The van der Waals surface area contributed by atoms with E-state index in [0.717, 1.165) is 4.90 Å². The highest BCUT2D eigenvalue weighted by Gasteiger charge is 2.54. The summed E-state index contributed by atoms with van der Waals surface area (Å²) in [5, 5.41) is 4.04. The summed E-state index contributed by atoms with van der Waals surface area (Å²) >= 11 is 11.7. The average molecular weight is 341 g/mol. The van der Waals surface area contributed by atoms with Gasteiger partial charge < -0.3 is 0 Å². The highest BCUT2D eigenvalue weighted by atomic mass is 35.5. The van der Waals surface area contributed by atoms with Gasteiger partial charge in [0.25, 0.3) is 5.91 Å². The van der Waals surface area contributed by atoms with Gasteiger partial charge in [-0.3, -0.25) is 24.7 Å². The molecule has 3 rings (SSSR count). The number of amides is 2. The van der Waals surface area contributed by atoms with Crippen LogP contribution in [0.5, 0.6) is 0 Å². The molecule has 3 heterocycles. The zero-order valence-electron chi connectivity index (χ0n) is 11.3. The first-order chi connectivity index (χ1) is 10.5. The monoisotopic (exact) mass is 340 g/mol. The molecule has 1 fully saturated rings. The number of pyridine rings is 1. The van der Waals surface area contributed by atoms with Crippen LogP contribution in [-0.2, 0) is 9.59 Å². The van der Waals surface area contributed by atoms with Gasteiger partial charge in [0.2, 0.25) is 11.7 Å². The minimum Gasteiger partial charge on any atom is -0.296 e. The lowest BCUT2D eigenvalue weighted by Gasteiger charge is -2.12. The van der Waals surface area contributed by atoms with Crippen LogP contribution in [0.15, 0.2) is 17.2 Å². The van der Waals surface area contributed by atoms with E-state index in [9.17, 15) is 14.4 Å². The first-order valence-electron chi connectivity index (χ1n) is 6.50. The molecule has 0 radical (unpaired) electrons. The number of likely N-dealkylation sites (N-methyl/N-ethyl adjacent to an activating group) is 1. The van der Waals surface area contributed by atoms with Crippen LogP contribution in [0.3, 0.4) is 0 Å². The predicted octanol–water partition coefficient (Wildman–Crippen LogP) is 0.904. The Labute approximate surface area is 135 Å². The van der Waals surface area contributed by atoms with E-state index < -0.39 is 29.6 Å². The summed E-state index contributed by atoms with van der Waals surface area (Å²) in [6.07, 6.45) is 0. The maximum atomic E-state index is 12.6. The summed E-state index contributed by atoms with van der Waals surface area (Å²) in [4.78, 5) is 41.9. The summed E-state index contributed by atoms with van der Waals surface area (Å²) in [6, 6.07) is 2.04. The number of carbonyl (C=O) groups is 3. The Morgan fingerprint density at radius 1 is 1.32 bits per heavy atom. The summed E-state index contributed by atoms with van der Waals surface area (Å²) < 4.78 is 0. The van der Waals surface area contributed by atoms with Crippen LogP contribution in [0.25, 0.3) is 0 Å². The van der Waals surface area contributed by atoms with Crippen molar-refractivity contribution in [3.63, 3.8) is 0 Å². The summed E-state index contributed by atoms with van der Waals surface area (Å²) in [5.74, 6) is -2.41. The van der Waals surface area contributed by atoms with E-state index in [-0.39, 0.29) is 28.1 Å². The van der Waals surface area contributed by atoms with Gasteiger partial charge in [0.1, 0.15) is 28.5 Å². The molecule has 9 heteroatoms. The van der Waals surface area contributed by atoms with Gasteiger partial charge in [-0.2, -0.15) is 5.10 Å². The molecule has 2 aliphatic rings. The first-order valence-corrected chi connectivity index (χ1v) is 7.26. The van der Waals surface area contributed by atoms with E-state index >= 15 is 0 Å². The molecule has 1 N–H and O–H groups in total. The Bertz CT molecular complexity index is 734. The highest BCUT2D eigenvalue weighted by Crippen LogP contribution is 2.28. The van der Waals surface area contributed by atoms with Crippen molar-refractivity contribution in [2.45, 2.75) is 13.0 Å². The number of nitrogens with zero attached hydrogens (tertiary/aromatic N) is 3. The normalized spacial score (nSPS) is 23.4. The molecule has 2 unspecified atom stereocenters. The number of hydrogen-bond acceptors (Lipinski definition) is 6. The third-order valence-corrected chi connectivity index (χ3v) is 4.11. The molecule has 114 valence electrons. The molecule has 1 aromatic heterocycles. The number of nitrogens with one attached hydrogen (secondary N) is 1. The molecule has 1 saturated heterocycles. The van der Waals surface area contributed by atoms with Crippen LogP contribution in [-0.4, -0.2) is 45.8 Å². The third-order valence-electron chi connectivity index (χ3n) is 3.59. The van der Waals surface area contributed by atoms with E-state index in [1.807, 2.05) is 0 Å². The van der Waals surface area contributed by atoms with Gasteiger partial charge in [-0.05, 0) is 19.1 Å². The number of halogens is 2. The fraction of sp³-hybridized carbons (Fsp3) is 0.308. The fourth-order valence-corrected chi connectivity index (χ4v) is 2.88. The van der Waals surface area contributed by atoms with Crippen molar-refractivity contribution in [3.8, 4) is 0 Å². The number of aromatic nitrogens is 1. The molecule has 0 spiro atoms. The molecule has 0 aromatic carbocycles. The summed E-state index contributed by atoms with van der Waals surface area (Å²) in [7, 11) is 0. The van der Waals surface area contributed by atoms with Gasteiger partial charge in [0.15, 0.2) is 0 Å². The van der Waals surface area contributed by atoms with Crippen molar-refractivity contribution < 1.29 is 14.4 Å². The van der Waals surface area contributed by atoms with Crippen molar-refractivity contribution >= 4 is 46.5 Å². The van der Waals surface area contributed by atoms with Crippen molar-refractivity contribution in [2.24, 2.45) is 11.0 Å². The van der Waals surface area contributed by atoms with Crippen molar-refractivity contribution in [3.05, 3.63) is 28.0 Å². The summed E-state index contributed by atoms with van der Waals surface area (Å²) in [6.45, 7) is 1.93. The lowest BCUT2D eigenvalue weighted by atomic mass is 9.94. The zero-order valence-corrected chi connectivity index (χ0v) is 12.9. The van der Waals surface area contributed by atoms with Crippen LogP contribution < -0.4 is 5.43 Å². The zero-order chi connectivity index (χ0) is 16.0. The molecule has 2 aliphatic heterocycles.